The number of nitrogen functional groups attached to an aromatic ring is 1. The average Bonchev–Trinajstić information content (AvgIpc) is 2.95. The van der Waals surface area contributed by atoms with Crippen LogP contribution in [0.25, 0.3) is 21.9 Å². The molecule has 0 saturated heterocycles. The first-order valence-electron chi connectivity index (χ1n) is 9.38. The first-order valence-corrected chi connectivity index (χ1v) is 9.38. The predicted molar refractivity (Wildman–Crippen MR) is 106 cm³/mol. The van der Waals surface area contributed by atoms with Crippen LogP contribution < -0.4 is 5.73 Å². The van der Waals surface area contributed by atoms with Crippen LogP contribution in [0.3, 0.4) is 0 Å². The van der Waals surface area contributed by atoms with Gasteiger partial charge in [-0.05, 0) is 76.5 Å². The molecule has 1 aliphatic carbocycles. The molecule has 1 aliphatic rings. The first kappa shape index (κ1) is 16.9. The van der Waals surface area contributed by atoms with E-state index in [1.165, 1.54) is 24.1 Å². The normalized spacial score (nSPS) is 14.1. The lowest BCUT2D eigenvalue weighted by Gasteiger charge is -2.18. The van der Waals surface area contributed by atoms with Crippen molar-refractivity contribution in [1.82, 2.24) is 14.5 Å². The summed E-state index contributed by atoms with van der Waals surface area (Å²) in [4.78, 5) is 7.25. The van der Waals surface area contributed by atoms with Gasteiger partial charge in [-0.1, -0.05) is 0 Å². The third kappa shape index (κ3) is 2.71. The number of hydrogen-bond donors (Lipinski definition) is 1. The number of benzene rings is 1. The lowest BCUT2D eigenvalue weighted by atomic mass is 9.93. The Labute approximate surface area is 154 Å². The van der Waals surface area contributed by atoms with E-state index < -0.39 is 0 Å². The Bertz CT molecular complexity index is 1020. The quantitative estimate of drug-likeness (QED) is 0.784. The van der Waals surface area contributed by atoms with Crippen LogP contribution in [0.1, 0.15) is 36.1 Å². The van der Waals surface area contributed by atoms with Crippen LogP contribution >= 0.6 is 0 Å². The second-order valence-electron chi connectivity index (χ2n) is 7.51. The van der Waals surface area contributed by atoms with Crippen molar-refractivity contribution >= 4 is 27.6 Å². The highest BCUT2D eigenvalue weighted by Crippen LogP contribution is 2.37. The molecule has 1 aromatic carbocycles. The fraction of sp³-hybridized carbons (Fsp3) is 0.429. The number of rotatable bonds is 4. The van der Waals surface area contributed by atoms with E-state index in [1.807, 2.05) is 18.2 Å². The predicted octanol–water partition coefficient (Wildman–Crippen LogP) is 3.47. The van der Waals surface area contributed by atoms with E-state index in [-0.39, 0.29) is 0 Å². The SMILES string of the molecule is CN(C)CCCn1c2ccc(C#N)cc2c2c(N)c3c(nc21)CCCC3. The number of anilines is 1. The van der Waals surface area contributed by atoms with E-state index in [2.05, 4.69) is 29.6 Å². The number of aryl methyl sites for hydroxylation is 2. The molecular formula is C21H25N5. The summed E-state index contributed by atoms with van der Waals surface area (Å²) in [6.07, 6.45) is 5.43. The van der Waals surface area contributed by atoms with Crippen LogP contribution in [0.2, 0.25) is 0 Å². The van der Waals surface area contributed by atoms with Crippen LogP contribution in [0, 0.1) is 11.3 Å². The van der Waals surface area contributed by atoms with E-state index in [4.69, 9.17) is 10.7 Å². The molecule has 0 saturated carbocycles. The van der Waals surface area contributed by atoms with Crippen molar-refractivity contribution in [2.24, 2.45) is 0 Å². The van der Waals surface area contributed by atoms with Crippen LogP contribution in [0.15, 0.2) is 18.2 Å². The monoisotopic (exact) mass is 347 g/mol. The molecule has 0 bridgehead atoms. The molecule has 2 aromatic heterocycles. The second kappa shape index (κ2) is 6.62. The molecule has 4 rings (SSSR count). The van der Waals surface area contributed by atoms with Gasteiger partial charge in [-0.3, -0.25) is 0 Å². The minimum Gasteiger partial charge on any atom is -0.398 e. The molecule has 2 heterocycles. The molecule has 0 radical (unpaired) electrons. The fourth-order valence-corrected chi connectivity index (χ4v) is 4.15. The van der Waals surface area contributed by atoms with Gasteiger partial charge in [0.2, 0.25) is 0 Å². The maximum absolute atomic E-state index is 9.33. The molecule has 5 nitrogen and oxygen atoms in total. The van der Waals surface area contributed by atoms with Crippen molar-refractivity contribution in [3.05, 3.63) is 35.0 Å². The van der Waals surface area contributed by atoms with Crippen LogP contribution in [-0.2, 0) is 19.4 Å². The topological polar surface area (TPSA) is 70.9 Å². The highest BCUT2D eigenvalue weighted by atomic mass is 15.1. The minimum absolute atomic E-state index is 0.668. The van der Waals surface area contributed by atoms with Gasteiger partial charge in [-0.2, -0.15) is 5.26 Å². The van der Waals surface area contributed by atoms with Gasteiger partial charge in [0.15, 0.2) is 0 Å². The third-order valence-electron chi connectivity index (χ3n) is 5.43. The average molecular weight is 347 g/mol. The smallest absolute Gasteiger partial charge is 0.143 e. The molecule has 0 spiro atoms. The van der Waals surface area contributed by atoms with Crippen molar-refractivity contribution < 1.29 is 0 Å². The summed E-state index contributed by atoms with van der Waals surface area (Å²) in [5, 5.41) is 11.4. The summed E-state index contributed by atoms with van der Waals surface area (Å²) < 4.78 is 2.29. The number of aromatic nitrogens is 2. The maximum Gasteiger partial charge on any atom is 0.143 e. The van der Waals surface area contributed by atoms with E-state index in [9.17, 15) is 5.26 Å². The number of pyridine rings is 1. The van der Waals surface area contributed by atoms with Crippen LogP contribution in [-0.4, -0.2) is 35.1 Å². The molecule has 0 unspecified atom stereocenters. The van der Waals surface area contributed by atoms with Gasteiger partial charge < -0.3 is 15.2 Å². The Balaban J connectivity index is 1.97. The van der Waals surface area contributed by atoms with E-state index in [1.54, 1.807) is 0 Å². The Kier molecular flexibility index (Phi) is 4.29. The standard InChI is InChI=1S/C21H25N5/c1-25(2)10-5-11-26-18-9-8-14(13-22)12-16(18)19-20(23)15-6-3-4-7-17(15)24-21(19)26/h8-9,12H,3-7,10-11H2,1-2H3,(H2,23,24). The summed E-state index contributed by atoms with van der Waals surface area (Å²) in [5.74, 6) is 0. The van der Waals surface area contributed by atoms with E-state index in [0.717, 1.165) is 60.0 Å². The van der Waals surface area contributed by atoms with E-state index >= 15 is 0 Å². The van der Waals surface area contributed by atoms with Crippen LogP contribution in [0.4, 0.5) is 5.69 Å². The molecule has 2 N–H and O–H groups in total. The molecule has 0 amide bonds. The van der Waals surface area contributed by atoms with Gasteiger partial charge >= 0.3 is 0 Å². The molecule has 5 heteroatoms. The van der Waals surface area contributed by atoms with Gasteiger partial charge in [-0.15, -0.1) is 0 Å². The summed E-state index contributed by atoms with van der Waals surface area (Å²) in [6, 6.07) is 8.16. The number of nitrogens with zero attached hydrogens (tertiary/aromatic N) is 4. The summed E-state index contributed by atoms with van der Waals surface area (Å²) in [5.41, 5.74) is 12.7. The summed E-state index contributed by atoms with van der Waals surface area (Å²) in [6.45, 7) is 1.92. The van der Waals surface area contributed by atoms with Crippen molar-refractivity contribution in [2.45, 2.75) is 38.6 Å². The van der Waals surface area contributed by atoms with Gasteiger partial charge in [-0.25, -0.2) is 4.98 Å². The maximum atomic E-state index is 9.33. The lowest BCUT2D eigenvalue weighted by molar-refractivity contribution is 0.389. The molecule has 0 atom stereocenters. The second-order valence-corrected chi connectivity index (χ2v) is 7.51. The van der Waals surface area contributed by atoms with Crippen LogP contribution in [0.5, 0.6) is 0 Å². The third-order valence-corrected chi connectivity index (χ3v) is 5.43. The number of nitrogens with two attached hydrogens (primary N) is 1. The van der Waals surface area contributed by atoms with Crippen molar-refractivity contribution in [1.29, 1.82) is 5.26 Å². The first-order chi connectivity index (χ1) is 12.6. The van der Waals surface area contributed by atoms with Crippen molar-refractivity contribution in [3.63, 3.8) is 0 Å². The number of fused-ring (bicyclic) bond motifs is 4. The Hall–Kier alpha value is -2.58. The minimum atomic E-state index is 0.668. The fourth-order valence-electron chi connectivity index (χ4n) is 4.15. The molecule has 134 valence electrons. The highest BCUT2D eigenvalue weighted by Gasteiger charge is 2.22. The number of nitriles is 1. The van der Waals surface area contributed by atoms with E-state index in [0.29, 0.717) is 5.56 Å². The van der Waals surface area contributed by atoms with Gasteiger partial charge in [0, 0.05) is 23.3 Å². The Morgan fingerprint density at radius 1 is 1.27 bits per heavy atom. The lowest BCUT2D eigenvalue weighted by Crippen LogP contribution is -2.15. The molecular weight excluding hydrogens is 322 g/mol. The zero-order chi connectivity index (χ0) is 18.3. The van der Waals surface area contributed by atoms with Crippen molar-refractivity contribution in [3.8, 4) is 6.07 Å². The summed E-state index contributed by atoms with van der Waals surface area (Å²) >= 11 is 0. The Morgan fingerprint density at radius 2 is 2.08 bits per heavy atom. The Morgan fingerprint density at radius 3 is 2.85 bits per heavy atom. The molecule has 26 heavy (non-hydrogen) atoms. The summed E-state index contributed by atoms with van der Waals surface area (Å²) in [7, 11) is 4.19. The molecule has 3 aromatic rings. The van der Waals surface area contributed by atoms with Gasteiger partial charge in [0.1, 0.15) is 5.65 Å². The van der Waals surface area contributed by atoms with Crippen molar-refractivity contribution in [2.75, 3.05) is 26.4 Å². The largest absolute Gasteiger partial charge is 0.398 e. The zero-order valence-electron chi connectivity index (χ0n) is 15.5. The van der Waals surface area contributed by atoms with Gasteiger partial charge in [0.05, 0.1) is 22.5 Å². The number of hydrogen-bond acceptors (Lipinski definition) is 4. The zero-order valence-corrected chi connectivity index (χ0v) is 15.5. The molecule has 0 fully saturated rings. The van der Waals surface area contributed by atoms with Gasteiger partial charge in [0.25, 0.3) is 0 Å². The molecule has 0 aliphatic heterocycles. The highest BCUT2D eigenvalue weighted by molar-refractivity contribution is 6.13.